The molecule has 1 fully saturated rings. The van der Waals surface area contributed by atoms with E-state index in [1.54, 1.807) is 0 Å². The van der Waals surface area contributed by atoms with Crippen molar-refractivity contribution >= 4 is 33.5 Å². The number of hydrogen-bond donors (Lipinski definition) is 8. The van der Waals surface area contributed by atoms with Crippen LogP contribution < -0.4 is 39.8 Å². The summed E-state index contributed by atoms with van der Waals surface area (Å²) in [5.41, 5.74) is 0.0189. The van der Waals surface area contributed by atoms with Crippen molar-refractivity contribution in [2.45, 2.75) is 105 Å². The van der Waals surface area contributed by atoms with Crippen LogP contribution in [0.4, 0.5) is 0 Å². The zero-order chi connectivity index (χ0) is 22.0. The molecule has 0 atom stereocenters. The van der Waals surface area contributed by atoms with Crippen molar-refractivity contribution in [1.82, 2.24) is 39.8 Å². The molecule has 0 bridgehead atoms. The Labute approximate surface area is 178 Å². The second-order valence-electron chi connectivity index (χ2n) is 11.2. The van der Waals surface area contributed by atoms with Gasteiger partial charge in [0.25, 0.3) is 0 Å². The van der Waals surface area contributed by atoms with E-state index in [9.17, 15) is 0 Å². The topological polar surface area (TPSA) is 96.2 Å². The molecule has 28 heavy (non-hydrogen) atoms. The van der Waals surface area contributed by atoms with Gasteiger partial charge in [0, 0.05) is 22.2 Å². The maximum Gasteiger partial charge on any atom is 0.123 e. The van der Waals surface area contributed by atoms with Crippen molar-refractivity contribution < 1.29 is 0 Å². The molecule has 0 aromatic rings. The highest BCUT2D eigenvalue weighted by Gasteiger charge is 2.34. The van der Waals surface area contributed by atoms with Crippen molar-refractivity contribution in [3.05, 3.63) is 0 Å². The van der Waals surface area contributed by atoms with Gasteiger partial charge in [-0.05, 0) is 83.1 Å². The third kappa shape index (κ3) is 13.7. The maximum atomic E-state index is 3.80. The molecule has 0 amide bonds. The van der Waals surface area contributed by atoms with Gasteiger partial charge < -0.3 is 0 Å². The molecule has 0 spiro atoms. The molecular weight excluding hydrogens is 428 g/mol. The molecule has 1 rings (SSSR count). The highest BCUT2D eigenvalue weighted by atomic mass is 31.3. The van der Waals surface area contributed by atoms with Crippen molar-refractivity contribution in [2.75, 3.05) is 0 Å². The summed E-state index contributed by atoms with van der Waals surface area (Å²) in [5.74, 6) is 0. The quantitative estimate of drug-likeness (QED) is 0.276. The van der Waals surface area contributed by atoms with Gasteiger partial charge in [-0.2, -0.15) is 0 Å². The van der Waals surface area contributed by atoms with Crippen LogP contribution in [0.1, 0.15) is 83.1 Å². The van der Waals surface area contributed by atoms with Crippen molar-refractivity contribution in [3.63, 3.8) is 0 Å². The minimum absolute atomic E-state index is 0.00473. The van der Waals surface area contributed by atoms with Gasteiger partial charge in [0.15, 0.2) is 0 Å². The van der Waals surface area contributed by atoms with Crippen LogP contribution in [0, 0.1) is 0 Å². The average molecular weight is 472 g/mol. The van der Waals surface area contributed by atoms with Crippen LogP contribution in [0.25, 0.3) is 0 Å². The number of hydrogen-bond acceptors (Lipinski definition) is 8. The second-order valence-corrected chi connectivity index (χ2v) is 18.0. The lowest BCUT2D eigenvalue weighted by atomic mass is 10.1. The summed E-state index contributed by atoms with van der Waals surface area (Å²) in [6.07, 6.45) is 0. The summed E-state index contributed by atoms with van der Waals surface area (Å²) in [6, 6.07) is 0. The van der Waals surface area contributed by atoms with E-state index in [1.165, 1.54) is 0 Å². The molecule has 1 saturated heterocycles. The summed E-state index contributed by atoms with van der Waals surface area (Å²) in [5, 5.41) is 14.9. The summed E-state index contributed by atoms with van der Waals surface area (Å²) in [6.45, 7) is 26.4. The molecule has 0 aromatic carbocycles. The summed E-state index contributed by atoms with van der Waals surface area (Å²) >= 11 is 0. The fraction of sp³-hybridized carbons (Fsp3) is 1.00. The van der Waals surface area contributed by atoms with E-state index in [1.807, 2.05) is 0 Å². The van der Waals surface area contributed by atoms with Crippen molar-refractivity contribution in [2.24, 2.45) is 0 Å². The van der Waals surface area contributed by atoms with Gasteiger partial charge in [0.05, 0.1) is 0 Å². The number of nitrogens with one attached hydrogen (secondary N) is 8. The Kier molecular flexibility index (Phi) is 10.1. The molecule has 8 N–H and O–H groups in total. The highest BCUT2D eigenvalue weighted by molar-refractivity contribution is 7.82. The van der Waals surface area contributed by atoms with E-state index in [0.29, 0.717) is 0 Å². The first kappa shape index (κ1) is 27.4. The fourth-order valence-corrected chi connectivity index (χ4v) is 11.8. The summed E-state index contributed by atoms with van der Waals surface area (Å²) in [7, 11) is -3.20. The van der Waals surface area contributed by atoms with Gasteiger partial charge in [0.2, 0.25) is 0 Å². The van der Waals surface area contributed by atoms with E-state index in [2.05, 4.69) is 123 Å². The van der Waals surface area contributed by atoms with Crippen LogP contribution in [0.5, 0.6) is 0 Å². The second kappa shape index (κ2) is 10.3. The average Bonchev–Trinajstić information content (AvgIpc) is 2.27. The molecule has 1 aliphatic rings. The minimum Gasteiger partial charge on any atom is -0.266 e. The zero-order valence-corrected chi connectivity index (χ0v) is 23.4. The Hall–Kier alpha value is 1.40. The van der Waals surface area contributed by atoms with Gasteiger partial charge >= 0.3 is 0 Å². The molecule has 0 saturated carbocycles. The van der Waals surface area contributed by atoms with E-state index in [0.717, 1.165) is 0 Å². The summed E-state index contributed by atoms with van der Waals surface area (Å²) in [4.78, 5) is 15.2. The predicted molar refractivity (Wildman–Crippen MR) is 132 cm³/mol. The van der Waals surface area contributed by atoms with Gasteiger partial charge in [0.1, 0.15) is 33.5 Å². The standard InChI is InChI=1S/C16H44N8P4/c1-13(2,3)17-25-21-26(18-14(4,5)6)23-28(20-16(10,11)12)24-27(22-25)19-15(7,8)9/h17-24H,1-12H3. The smallest absolute Gasteiger partial charge is 0.123 e. The first-order valence-electron chi connectivity index (χ1n) is 9.68. The molecule has 8 nitrogen and oxygen atoms in total. The molecule has 0 unspecified atom stereocenters. The Morgan fingerprint density at radius 1 is 0.357 bits per heavy atom. The third-order valence-electron chi connectivity index (χ3n) is 2.59. The first-order chi connectivity index (χ1) is 12.3. The summed E-state index contributed by atoms with van der Waals surface area (Å²) < 4.78 is 0. The lowest BCUT2D eigenvalue weighted by Crippen LogP contribution is -2.49. The Balaban J connectivity index is 3.09. The third-order valence-corrected chi connectivity index (χ3v) is 12.6. The van der Waals surface area contributed by atoms with Crippen molar-refractivity contribution in [1.29, 1.82) is 0 Å². The Morgan fingerprint density at radius 3 is 0.607 bits per heavy atom. The van der Waals surface area contributed by atoms with E-state index < -0.39 is 33.5 Å². The SMILES string of the molecule is CC(C)(C)NP1NP(NC(C)(C)C)NP(NC(C)(C)C)NP(NC(C)(C)C)N1. The molecule has 1 aliphatic heterocycles. The lowest BCUT2D eigenvalue weighted by Gasteiger charge is -2.43. The molecule has 12 heteroatoms. The fourth-order valence-electron chi connectivity index (χ4n) is 2.03. The van der Waals surface area contributed by atoms with Crippen LogP contribution in [0.15, 0.2) is 0 Å². The minimum atomic E-state index is -0.800. The lowest BCUT2D eigenvalue weighted by molar-refractivity contribution is 0.517. The van der Waals surface area contributed by atoms with Crippen LogP contribution >= 0.6 is 33.5 Å². The van der Waals surface area contributed by atoms with E-state index >= 15 is 0 Å². The van der Waals surface area contributed by atoms with Gasteiger partial charge in [-0.25, -0.2) is 19.4 Å². The largest absolute Gasteiger partial charge is 0.266 e. The Bertz CT molecular complexity index is 385. The van der Waals surface area contributed by atoms with Crippen LogP contribution in [-0.4, -0.2) is 22.2 Å². The molecular formula is C16H44N8P4. The molecule has 0 aliphatic carbocycles. The molecule has 1 heterocycles. The normalized spacial score (nSPS) is 28.7. The van der Waals surface area contributed by atoms with Crippen LogP contribution in [0.2, 0.25) is 0 Å². The maximum absolute atomic E-state index is 3.80. The van der Waals surface area contributed by atoms with Crippen LogP contribution in [0.3, 0.4) is 0 Å². The highest BCUT2D eigenvalue weighted by Crippen LogP contribution is 2.52. The molecule has 168 valence electrons. The predicted octanol–water partition coefficient (Wildman–Crippen LogP) is 4.82. The molecule has 0 radical (unpaired) electrons. The first-order valence-corrected chi connectivity index (χ1v) is 15.0. The van der Waals surface area contributed by atoms with E-state index in [4.69, 9.17) is 0 Å². The van der Waals surface area contributed by atoms with Gasteiger partial charge in [-0.1, -0.05) is 0 Å². The zero-order valence-electron chi connectivity index (χ0n) is 19.8. The van der Waals surface area contributed by atoms with Gasteiger partial charge in [-0.3, -0.25) is 20.3 Å². The van der Waals surface area contributed by atoms with E-state index in [-0.39, 0.29) is 22.2 Å². The van der Waals surface area contributed by atoms with Gasteiger partial charge in [-0.15, -0.1) is 0 Å². The van der Waals surface area contributed by atoms with Crippen molar-refractivity contribution in [3.8, 4) is 0 Å². The molecule has 0 aromatic heterocycles. The monoisotopic (exact) mass is 472 g/mol. The Morgan fingerprint density at radius 2 is 0.500 bits per heavy atom. The van der Waals surface area contributed by atoms with Crippen LogP contribution in [-0.2, 0) is 0 Å². The number of rotatable bonds is 4.